The van der Waals surface area contributed by atoms with Crippen LogP contribution in [-0.4, -0.2) is 21.5 Å². The van der Waals surface area contributed by atoms with Crippen molar-refractivity contribution >= 4 is 57.8 Å². The minimum atomic E-state index is -0.763. The second kappa shape index (κ2) is 7.86. The number of aryl methyl sites for hydroxylation is 1. The zero-order chi connectivity index (χ0) is 19.6. The van der Waals surface area contributed by atoms with E-state index in [1.54, 1.807) is 26.0 Å². The molecule has 2 rings (SSSR count). The molecular formula is C15H12Cl3N5O3. The summed E-state index contributed by atoms with van der Waals surface area (Å²) in [5.74, 6) is -0.763. The molecule has 2 aromatic rings. The van der Waals surface area contributed by atoms with Crippen LogP contribution in [0, 0.1) is 17.0 Å². The van der Waals surface area contributed by atoms with Crippen LogP contribution in [0.15, 0.2) is 23.3 Å². The monoisotopic (exact) mass is 415 g/mol. The molecule has 0 saturated carbocycles. The van der Waals surface area contributed by atoms with Gasteiger partial charge >= 0.3 is 0 Å². The highest BCUT2D eigenvalue weighted by Gasteiger charge is 2.20. The number of aromatic nitrogens is 1. The van der Waals surface area contributed by atoms with Crippen molar-refractivity contribution in [2.45, 2.75) is 13.8 Å². The topological polar surface area (TPSA) is 124 Å². The highest BCUT2D eigenvalue weighted by Crippen LogP contribution is 2.34. The molecule has 1 heterocycles. The molecule has 0 spiro atoms. The van der Waals surface area contributed by atoms with Gasteiger partial charge in [0.1, 0.15) is 5.02 Å². The first-order valence-corrected chi connectivity index (χ1v) is 8.16. The van der Waals surface area contributed by atoms with Gasteiger partial charge in [0, 0.05) is 17.2 Å². The number of hydrazone groups is 1. The predicted molar refractivity (Wildman–Crippen MR) is 101 cm³/mol. The van der Waals surface area contributed by atoms with E-state index in [0.717, 1.165) is 0 Å². The van der Waals surface area contributed by atoms with Gasteiger partial charge < -0.3 is 5.73 Å². The van der Waals surface area contributed by atoms with Crippen molar-refractivity contribution in [1.29, 1.82) is 0 Å². The van der Waals surface area contributed by atoms with Gasteiger partial charge in [0.2, 0.25) is 0 Å². The van der Waals surface area contributed by atoms with Crippen molar-refractivity contribution in [2.75, 3.05) is 5.73 Å². The molecule has 0 aliphatic carbocycles. The molecule has 26 heavy (non-hydrogen) atoms. The van der Waals surface area contributed by atoms with Gasteiger partial charge in [0.15, 0.2) is 10.8 Å². The van der Waals surface area contributed by atoms with Gasteiger partial charge in [-0.05, 0) is 13.8 Å². The third-order valence-corrected chi connectivity index (χ3v) is 4.57. The average molecular weight is 417 g/mol. The van der Waals surface area contributed by atoms with Gasteiger partial charge in [-0.1, -0.05) is 46.9 Å². The van der Waals surface area contributed by atoms with Gasteiger partial charge in [0.25, 0.3) is 11.6 Å². The average Bonchev–Trinajstić information content (AvgIpc) is 2.60. The lowest BCUT2D eigenvalue weighted by Gasteiger charge is -2.08. The maximum atomic E-state index is 12.2. The van der Waals surface area contributed by atoms with Crippen LogP contribution in [0.2, 0.25) is 15.2 Å². The molecule has 0 aliphatic heterocycles. The number of hydrogen-bond donors (Lipinski definition) is 2. The molecule has 0 saturated heterocycles. The summed E-state index contributed by atoms with van der Waals surface area (Å²) in [6, 6.07) is 4.60. The van der Waals surface area contributed by atoms with E-state index in [-0.39, 0.29) is 32.3 Å². The van der Waals surface area contributed by atoms with E-state index in [2.05, 4.69) is 15.5 Å². The summed E-state index contributed by atoms with van der Waals surface area (Å²) in [6.45, 7) is 3.20. The smallest absolute Gasteiger partial charge is 0.291 e. The fourth-order valence-electron chi connectivity index (χ4n) is 1.97. The number of pyridine rings is 1. The number of nitrogen functional groups attached to an aromatic ring is 1. The zero-order valence-corrected chi connectivity index (χ0v) is 15.8. The van der Waals surface area contributed by atoms with E-state index in [4.69, 9.17) is 40.5 Å². The summed E-state index contributed by atoms with van der Waals surface area (Å²) >= 11 is 17.6. The summed E-state index contributed by atoms with van der Waals surface area (Å²) in [7, 11) is 0. The Morgan fingerprint density at radius 2 is 1.96 bits per heavy atom. The molecule has 0 fully saturated rings. The number of nitrogens with zero attached hydrogens (tertiary/aromatic N) is 3. The molecule has 0 aliphatic rings. The van der Waals surface area contributed by atoms with Crippen molar-refractivity contribution in [3.05, 3.63) is 60.3 Å². The van der Waals surface area contributed by atoms with E-state index in [0.29, 0.717) is 16.8 Å². The van der Waals surface area contributed by atoms with Gasteiger partial charge in [-0.15, -0.1) is 0 Å². The van der Waals surface area contributed by atoms with Crippen LogP contribution in [0.4, 0.5) is 11.4 Å². The third kappa shape index (κ3) is 4.04. The highest BCUT2D eigenvalue weighted by molar-refractivity contribution is 6.46. The number of anilines is 1. The lowest BCUT2D eigenvalue weighted by molar-refractivity contribution is -0.385. The summed E-state index contributed by atoms with van der Waals surface area (Å²) in [4.78, 5) is 26.5. The number of carbonyl (C=O) groups is 1. The van der Waals surface area contributed by atoms with Crippen LogP contribution in [0.25, 0.3) is 0 Å². The van der Waals surface area contributed by atoms with Gasteiger partial charge in [0.05, 0.1) is 21.3 Å². The minimum absolute atomic E-state index is 0.0506. The second-order valence-electron chi connectivity index (χ2n) is 5.19. The normalized spacial score (nSPS) is 11.3. The lowest BCUT2D eigenvalue weighted by atomic mass is 10.1. The minimum Gasteiger partial charge on any atom is -0.396 e. The van der Waals surface area contributed by atoms with Crippen LogP contribution in [0.3, 0.4) is 0 Å². The van der Waals surface area contributed by atoms with Gasteiger partial charge in [-0.3, -0.25) is 14.9 Å². The predicted octanol–water partition coefficient (Wildman–Crippen LogP) is 3.99. The van der Waals surface area contributed by atoms with E-state index >= 15 is 0 Å². The Kier molecular flexibility index (Phi) is 6.01. The van der Waals surface area contributed by atoms with Crippen LogP contribution in [0.1, 0.15) is 28.5 Å². The van der Waals surface area contributed by atoms with E-state index in [9.17, 15) is 14.9 Å². The molecule has 136 valence electrons. The molecule has 1 aromatic carbocycles. The Bertz CT molecular complexity index is 947. The number of nitrogens with one attached hydrogen (secondary N) is 1. The van der Waals surface area contributed by atoms with Crippen molar-refractivity contribution < 1.29 is 9.72 Å². The fraction of sp³-hybridized carbons (Fsp3) is 0.133. The number of hydrogen-bond acceptors (Lipinski definition) is 6. The van der Waals surface area contributed by atoms with E-state index < -0.39 is 10.8 Å². The van der Waals surface area contributed by atoms with Gasteiger partial charge in [-0.2, -0.15) is 5.10 Å². The van der Waals surface area contributed by atoms with Gasteiger partial charge in [-0.25, -0.2) is 10.4 Å². The number of carbonyl (C=O) groups excluding carboxylic acids is 1. The number of rotatable bonds is 4. The fourth-order valence-corrected chi connectivity index (χ4v) is 2.56. The maximum Gasteiger partial charge on any atom is 0.291 e. The van der Waals surface area contributed by atoms with Crippen molar-refractivity contribution in [2.24, 2.45) is 5.10 Å². The first-order valence-electron chi connectivity index (χ1n) is 7.03. The van der Waals surface area contributed by atoms with E-state index in [1.807, 2.05) is 0 Å². The number of nitrogens with two attached hydrogens (primary N) is 1. The largest absolute Gasteiger partial charge is 0.396 e. The summed E-state index contributed by atoms with van der Waals surface area (Å²) in [6.07, 6.45) is 0. The first kappa shape index (κ1) is 19.9. The highest BCUT2D eigenvalue weighted by atomic mass is 35.5. The molecule has 0 radical (unpaired) electrons. The molecule has 0 bridgehead atoms. The summed E-state index contributed by atoms with van der Waals surface area (Å²) in [5, 5.41) is 14.5. The van der Waals surface area contributed by atoms with Crippen LogP contribution in [-0.2, 0) is 0 Å². The summed E-state index contributed by atoms with van der Waals surface area (Å²) in [5.41, 5.74) is 8.86. The molecule has 8 nitrogen and oxygen atoms in total. The van der Waals surface area contributed by atoms with Crippen LogP contribution < -0.4 is 11.2 Å². The number of benzene rings is 1. The van der Waals surface area contributed by atoms with Crippen molar-refractivity contribution in [3.8, 4) is 0 Å². The number of nitro groups is 1. The number of nitro benzene ring substituents is 1. The zero-order valence-electron chi connectivity index (χ0n) is 13.5. The Labute approximate surface area is 163 Å². The van der Waals surface area contributed by atoms with Crippen molar-refractivity contribution in [3.63, 3.8) is 0 Å². The molecular weight excluding hydrogens is 405 g/mol. The van der Waals surface area contributed by atoms with Crippen LogP contribution in [0.5, 0.6) is 0 Å². The number of halogens is 3. The molecule has 1 amide bonds. The quantitative estimate of drug-likeness (QED) is 0.337. The Morgan fingerprint density at radius 3 is 2.58 bits per heavy atom. The Balaban J connectivity index is 2.29. The molecule has 11 heteroatoms. The van der Waals surface area contributed by atoms with Crippen molar-refractivity contribution in [1.82, 2.24) is 10.4 Å². The molecule has 3 N–H and O–H groups in total. The second-order valence-corrected chi connectivity index (χ2v) is 6.30. The molecule has 0 atom stereocenters. The first-order chi connectivity index (χ1) is 12.1. The molecule has 0 unspecified atom stereocenters. The Hall–Kier alpha value is -2.42. The third-order valence-electron chi connectivity index (χ3n) is 3.44. The summed E-state index contributed by atoms with van der Waals surface area (Å²) < 4.78 is 0. The standard InChI is InChI=1S/C15H12Cl3N5O3/c1-6-3-4-8(5-9(6)23(25)26)7(2)21-22-15(24)13-10(16)12(19)11(17)14(18)20-13/h3-5H,1-2H3,(H2,19,20)(H,22,24)/b21-7+. The van der Waals surface area contributed by atoms with E-state index in [1.165, 1.54) is 6.07 Å². The number of amides is 1. The van der Waals surface area contributed by atoms with Crippen LogP contribution >= 0.6 is 34.8 Å². The SMILES string of the molecule is C/C(=N\NC(=O)c1nc(Cl)c(Cl)c(N)c1Cl)c1ccc(C)c([N+](=O)[O-])c1. The maximum absolute atomic E-state index is 12.2. The molecule has 1 aromatic heterocycles. The lowest BCUT2D eigenvalue weighted by Crippen LogP contribution is -2.21. The Morgan fingerprint density at radius 1 is 1.31 bits per heavy atom.